The molecule has 6 heteroatoms. The van der Waals surface area contributed by atoms with Gasteiger partial charge in [-0.1, -0.05) is 30.3 Å². The van der Waals surface area contributed by atoms with Gasteiger partial charge in [0.1, 0.15) is 11.6 Å². The van der Waals surface area contributed by atoms with Crippen LogP contribution in [0.15, 0.2) is 42.5 Å². The Kier molecular flexibility index (Phi) is 4.14. The van der Waals surface area contributed by atoms with Gasteiger partial charge in [0.2, 0.25) is 0 Å². The van der Waals surface area contributed by atoms with E-state index in [0.29, 0.717) is 18.2 Å². The molecule has 0 saturated heterocycles. The maximum atomic E-state index is 10.9. The Bertz CT molecular complexity index is 601. The molecule has 1 heterocycles. The molecule has 6 nitrogen and oxygen atoms in total. The van der Waals surface area contributed by atoms with E-state index in [9.17, 15) is 10.1 Å². The van der Waals surface area contributed by atoms with Crippen LogP contribution in [0, 0.1) is 10.1 Å². The molecule has 0 radical (unpaired) electrons. The fourth-order valence-corrected chi connectivity index (χ4v) is 1.87. The van der Waals surface area contributed by atoms with Crippen molar-refractivity contribution < 1.29 is 4.92 Å². The third-order valence-corrected chi connectivity index (χ3v) is 2.92. The van der Waals surface area contributed by atoms with Crippen molar-refractivity contribution in [3.8, 4) is 0 Å². The van der Waals surface area contributed by atoms with Gasteiger partial charge in [0.05, 0.1) is 17.1 Å². The monoisotopic (exact) mass is 272 g/mol. The molecular formula is C14H16N4O2. The average molecular weight is 272 g/mol. The number of hydrogen-bond donors (Lipinski definition) is 1. The highest BCUT2D eigenvalue weighted by Crippen LogP contribution is 2.23. The van der Waals surface area contributed by atoms with E-state index in [0.717, 1.165) is 5.56 Å². The summed E-state index contributed by atoms with van der Waals surface area (Å²) in [6.07, 6.45) is 0. The molecule has 1 aromatic heterocycles. The highest BCUT2D eigenvalue weighted by Gasteiger charge is 2.13. The van der Waals surface area contributed by atoms with Crippen molar-refractivity contribution in [3.63, 3.8) is 0 Å². The first-order valence-corrected chi connectivity index (χ1v) is 6.19. The summed E-state index contributed by atoms with van der Waals surface area (Å²) in [4.78, 5) is 16.7. The number of rotatable bonds is 5. The van der Waals surface area contributed by atoms with Crippen molar-refractivity contribution in [2.45, 2.75) is 6.54 Å². The first-order valence-electron chi connectivity index (χ1n) is 6.19. The minimum absolute atomic E-state index is 0.0271. The van der Waals surface area contributed by atoms with Crippen LogP contribution < -0.4 is 10.2 Å². The van der Waals surface area contributed by atoms with Crippen molar-refractivity contribution in [1.29, 1.82) is 0 Å². The maximum absolute atomic E-state index is 10.9. The van der Waals surface area contributed by atoms with E-state index in [4.69, 9.17) is 0 Å². The average Bonchev–Trinajstić information content (AvgIpc) is 2.47. The largest absolute Gasteiger partial charge is 0.373 e. The standard InChI is InChI=1S/C14H16N4O2/c1-15-13-8-12(18(19)20)9-14(16-13)17(2)10-11-6-4-3-5-7-11/h3-9H,10H2,1-2H3,(H,15,16). The van der Waals surface area contributed by atoms with Crippen LogP contribution in [-0.4, -0.2) is 24.0 Å². The Morgan fingerprint density at radius 3 is 2.60 bits per heavy atom. The Labute approximate surface area is 117 Å². The molecule has 104 valence electrons. The lowest BCUT2D eigenvalue weighted by atomic mass is 10.2. The molecule has 0 fully saturated rings. The van der Waals surface area contributed by atoms with Gasteiger partial charge in [-0.15, -0.1) is 0 Å². The summed E-state index contributed by atoms with van der Waals surface area (Å²) < 4.78 is 0. The van der Waals surface area contributed by atoms with Crippen molar-refractivity contribution in [1.82, 2.24) is 4.98 Å². The van der Waals surface area contributed by atoms with Crippen LogP contribution in [0.1, 0.15) is 5.56 Å². The normalized spacial score (nSPS) is 10.1. The molecule has 0 atom stereocenters. The summed E-state index contributed by atoms with van der Waals surface area (Å²) in [7, 11) is 3.55. The van der Waals surface area contributed by atoms with Crippen molar-refractivity contribution in [2.24, 2.45) is 0 Å². The Morgan fingerprint density at radius 1 is 1.30 bits per heavy atom. The highest BCUT2D eigenvalue weighted by atomic mass is 16.6. The molecule has 0 spiro atoms. The fourth-order valence-electron chi connectivity index (χ4n) is 1.87. The van der Waals surface area contributed by atoms with Crippen LogP contribution >= 0.6 is 0 Å². The van der Waals surface area contributed by atoms with Gasteiger partial charge in [-0.05, 0) is 5.56 Å². The first-order chi connectivity index (χ1) is 9.60. The van der Waals surface area contributed by atoms with Crippen LogP contribution in [0.4, 0.5) is 17.3 Å². The highest BCUT2D eigenvalue weighted by molar-refractivity contribution is 5.55. The predicted molar refractivity (Wildman–Crippen MR) is 79.0 cm³/mol. The third-order valence-electron chi connectivity index (χ3n) is 2.92. The smallest absolute Gasteiger partial charge is 0.276 e. The molecule has 0 amide bonds. The van der Waals surface area contributed by atoms with Gasteiger partial charge >= 0.3 is 0 Å². The fraction of sp³-hybridized carbons (Fsp3) is 0.214. The number of nitrogens with one attached hydrogen (secondary N) is 1. The summed E-state index contributed by atoms with van der Waals surface area (Å²) >= 11 is 0. The van der Waals surface area contributed by atoms with Crippen molar-refractivity contribution in [3.05, 3.63) is 58.1 Å². The van der Waals surface area contributed by atoms with Crippen LogP contribution in [0.5, 0.6) is 0 Å². The summed E-state index contributed by atoms with van der Waals surface area (Å²) in [5, 5.41) is 13.8. The Morgan fingerprint density at radius 2 is 2.00 bits per heavy atom. The van der Waals surface area contributed by atoms with Crippen LogP contribution in [0.3, 0.4) is 0 Å². The zero-order valence-corrected chi connectivity index (χ0v) is 11.4. The molecule has 2 aromatic rings. The van der Waals surface area contributed by atoms with Gasteiger partial charge in [-0.3, -0.25) is 10.1 Å². The van der Waals surface area contributed by atoms with Gasteiger partial charge < -0.3 is 10.2 Å². The molecule has 0 saturated carbocycles. The van der Waals surface area contributed by atoms with E-state index in [2.05, 4.69) is 10.3 Å². The van der Waals surface area contributed by atoms with Gasteiger partial charge in [0, 0.05) is 20.6 Å². The van der Waals surface area contributed by atoms with Gasteiger partial charge in [-0.25, -0.2) is 4.98 Å². The first kappa shape index (κ1) is 13.8. The Hall–Kier alpha value is -2.63. The SMILES string of the molecule is CNc1cc([N+](=O)[O-])cc(N(C)Cc2ccccc2)n1. The van der Waals surface area contributed by atoms with E-state index in [1.165, 1.54) is 12.1 Å². The van der Waals surface area contributed by atoms with E-state index in [1.807, 2.05) is 42.3 Å². The molecule has 0 aliphatic carbocycles. The van der Waals surface area contributed by atoms with E-state index < -0.39 is 4.92 Å². The molecule has 0 unspecified atom stereocenters. The third kappa shape index (κ3) is 3.23. The van der Waals surface area contributed by atoms with Crippen molar-refractivity contribution in [2.75, 3.05) is 24.3 Å². The molecular weight excluding hydrogens is 256 g/mol. The van der Waals surface area contributed by atoms with Crippen LogP contribution in [0.25, 0.3) is 0 Å². The zero-order chi connectivity index (χ0) is 14.5. The van der Waals surface area contributed by atoms with Crippen LogP contribution in [0.2, 0.25) is 0 Å². The van der Waals surface area contributed by atoms with E-state index >= 15 is 0 Å². The lowest BCUT2D eigenvalue weighted by Crippen LogP contribution is -2.18. The second kappa shape index (κ2) is 6.01. The number of anilines is 2. The van der Waals surface area contributed by atoms with Gasteiger partial charge in [0.25, 0.3) is 5.69 Å². The van der Waals surface area contributed by atoms with E-state index in [-0.39, 0.29) is 5.69 Å². The number of hydrogen-bond acceptors (Lipinski definition) is 5. The van der Waals surface area contributed by atoms with Crippen molar-refractivity contribution >= 4 is 17.3 Å². The minimum Gasteiger partial charge on any atom is -0.373 e. The van der Waals surface area contributed by atoms with Gasteiger partial charge in [0.15, 0.2) is 0 Å². The molecule has 1 aromatic carbocycles. The lowest BCUT2D eigenvalue weighted by molar-refractivity contribution is -0.384. The number of pyridine rings is 1. The van der Waals surface area contributed by atoms with Gasteiger partial charge in [-0.2, -0.15) is 0 Å². The lowest BCUT2D eigenvalue weighted by Gasteiger charge is -2.18. The molecule has 0 aliphatic rings. The molecule has 1 N–H and O–H groups in total. The topological polar surface area (TPSA) is 71.3 Å². The summed E-state index contributed by atoms with van der Waals surface area (Å²) in [6, 6.07) is 12.8. The molecule has 0 aliphatic heterocycles. The second-order valence-corrected chi connectivity index (χ2v) is 4.42. The molecule has 2 rings (SSSR count). The number of benzene rings is 1. The zero-order valence-electron chi connectivity index (χ0n) is 11.4. The number of nitro groups is 1. The minimum atomic E-state index is -0.414. The number of nitrogens with zero attached hydrogens (tertiary/aromatic N) is 3. The molecule has 20 heavy (non-hydrogen) atoms. The summed E-state index contributed by atoms with van der Waals surface area (Å²) in [5.74, 6) is 1.04. The molecule has 0 bridgehead atoms. The summed E-state index contributed by atoms with van der Waals surface area (Å²) in [5.41, 5.74) is 1.15. The van der Waals surface area contributed by atoms with E-state index in [1.54, 1.807) is 7.05 Å². The maximum Gasteiger partial charge on any atom is 0.276 e. The summed E-state index contributed by atoms with van der Waals surface area (Å²) in [6.45, 7) is 0.637. The Balaban J connectivity index is 2.27. The quantitative estimate of drug-likeness (QED) is 0.669. The van der Waals surface area contributed by atoms with Crippen LogP contribution in [-0.2, 0) is 6.54 Å². The predicted octanol–water partition coefficient (Wildman–Crippen LogP) is 2.67. The number of aromatic nitrogens is 1. The second-order valence-electron chi connectivity index (χ2n) is 4.42.